The third-order valence-corrected chi connectivity index (χ3v) is 3.73. The van der Waals surface area contributed by atoms with E-state index in [0.29, 0.717) is 13.0 Å². The Hall–Kier alpha value is -2.49. The molecule has 0 atom stereocenters. The Morgan fingerprint density at radius 2 is 2.18 bits per heavy atom. The van der Waals surface area contributed by atoms with Crippen molar-refractivity contribution in [2.45, 2.75) is 26.3 Å². The van der Waals surface area contributed by atoms with E-state index in [1.165, 1.54) is 17.1 Å². The minimum Gasteiger partial charge on any atom is -0.384 e. The third-order valence-electron chi connectivity index (χ3n) is 3.13. The molecule has 2 aromatic rings. The van der Waals surface area contributed by atoms with Crippen LogP contribution in [-0.4, -0.2) is 25.2 Å². The lowest BCUT2D eigenvalue weighted by atomic mass is 10.2. The number of hydrogen-bond donors (Lipinski definition) is 2. The zero-order valence-electron chi connectivity index (χ0n) is 12.2. The van der Waals surface area contributed by atoms with Crippen molar-refractivity contribution in [1.29, 1.82) is 0 Å². The number of nitrogens with two attached hydrogens (primary N) is 1. The molecule has 1 amide bonds. The largest absolute Gasteiger partial charge is 0.384 e. The van der Waals surface area contributed by atoms with Crippen molar-refractivity contribution in [2.75, 3.05) is 11.1 Å². The molecule has 9 nitrogen and oxygen atoms in total. The van der Waals surface area contributed by atoms with E-state index < -0.39 is 17.2 Å². The number of unbranched alkanes of at least 4 members (excludes halogenated alkanes) is 1. The van der Waals surface area contributed by atoms with E-state index in [2.05, 4.69) is 15.5 Å². The summed E-state index contributed by atoms with van der Waals surface area (Å²) in [7, 11) is 1.31. The van der Waals surface area contributed by atoms with Gasteiger partial charge < -0.3 is 5.73 Å². The number of carbonyl (C=O) groups excluding carboxylic acids is 1. The van der Waals surface area contributed by atoms with Crippen molar-refractivity contribution in [3.8, 4) is 0 Å². The first-order chi connectivity index (χ1) is 10.5. The van der Waals surface area contributed by atoms with E-state index in [4.69, 9.17) is 5.73 Å². The quantitative estimate of drug-likeness (QED) is 0.799. The van der Waals surface area contributed by atoms with E-state index in [-0.39, 0.29) is 16.5 Å². The number of rotatable bonds is 5. The maximum absolute atomic E-state index is 12.3. The van der Waals surface area contributed by atoms with E-state index in [0.717, 1.165) is 22.3 Å². The summed E-state index contributed by atoms with van der Waals surface area (Å²) < 4.78 is 2.11. The Balaban J connectivity index is 2.50. The Bertz CT molecular complexity index is 792. The highest BCUT2D eigenvalue weighted by atomic mass is 32.1. The first kappa shape index (κ1) is 15.9. The number of nitrogens with one attached hydrogen (secondary N) is 1. The van der Waals surface area contributed by atoms with Crippen LogP contribution < -0.4 is 22.3 Å². The minimum absolute atomic E-state index is 0.136. The summed E-state index contributed by atoms with van der Waals surface area (Å²) in [5, 5.41) is 9.95. The smallest absolute Gasteiger partial charge is 0.332 e. The molecule has 3 N–H and O–H groups in total. The zero-order chi connectivity index (χ0) is 16.3. The van der Waals surface area contributed by atoms with Crippen LogP contribution in [0.3, 0.4) is 0 Å². The van der Waals surface area contributed by atoms with Crippen LogP contribution in [0.25, 0.3) is 0 Å². The summed E-state index contributed by atoms with van der Waals surface area (Å²) in [6.07, 6.45) is 1.56. The SMILES string of the molecule is CCCCn1c(N)c(C(=O)Nc2nncs2)c(=O)n(C)c1=O. The molecule has 0 aliphatic rings. The molecule has 10 heteroatoms. The van der Waals surface area contributed by atoms with Gasteiger partial charge in [0.05, 0.1) is 0 Å². The molecule has 0 spiro atoms. The second-order valence-corrected chi connectivity index (χ2v) is 5.44. The number of nitrogen functional groups attached to an aromatic ring is 1. The molecular weight excluding hydrogens is 308 g/mol. The Labute approximate surface area is 129 Å². The van der Waals surface area contributed by atoms with Crippen molar-refractivity contribution in [3.05, 3.63) is 31.9 Å². The highest BCUT2D eigenvalue weighted by Gasteiger charge is 2.22. The van der Waals surface area contributed by atoms with E-state index in [1.807, 2.05) is 6.92 Å². The lowest BCUT2D eigenvalue weighted by Gasteiger charge is -2.14. The molecule has 0 aromatic carbocycles. The van der Waals surface area contributed by atoms with Gasteiger partial charge in [-0.05, 0) is 6.42 Å². The molecule has 0 unspecified atom stereocenters. The monoisotopic (exact) mass is 324 g/mol. The molecule has 2 heterocycles. The lowest BCUT2D eigenvalue weighted by molar-refractivity contribution is 0.102. The minimum atomic E-state index is -0.739. The highest BCUT2D eigenvalue weighted by Crippen LogP contribution is 2.12. The van der Waals surface area contributed by atoms with Gasteiger partial charge in [-0.3, -0.25) is 24.0 Å². The number of amides is 1. The van der Waals surface area contributed by atoms with Gasteiger partial charge in [0, 0.05) is 13.6 Å². The normalized spacial score (nSPS) is 10.6. The maximum atomic E-state index is 12.3. The molecule has 0 fully saturated rings. The molecule has 0 saturated carbocycles. The standard InChI is InChI=1S/C12H16N6O3S/c1-3-4-5-18-8(13)7(10(20)17(2)12(18)21)9(19)15-11-16-14-6-22-11/h6H,3-5,13H2,1-2H3,(H,15,16,19). The summed E-state index contributed by atoms with van der Waals surface area (Å²) in [4.78, 5) is 36.5. The van der Waals surface area contributed by atoms with E-state index in [1.54, 1.807) is 0 Å². The number of carbonyl (C=O) groups is 1. The van der Waals surface area contributed by atoms with Gasteiger partial charge in [0.25, 0.3) is 11.5 Å². The van der Waals surface area contributed by atoms with Crippen molar-refractivity contribution < 1.29 is 4.79 Å². The molecule has 0 aliphatic heterocycles. The first-order valence-electron chi connectivity index (χ1n) is 6.64. The summed E-state index contributed by atoms with van der Waals surface area (Å²) in [6, 6.07) is 0. The van der Waals surface area contributed by atoms with Crippen LogP contribution in [0.1, 0.15) is 30.1 Å². The maximum Gasteiger partial charge on any atom is 0.332 e. The topological polar surface area (TPSA) is 125 Å². The number of anilines is 2. The fourth-order valence-corrected chi connectivity index (χ4v) is 2.36. The van der Waals surface area contributed by atoms with Gasteiger partial charge in [-0.25, -0.2) is 4.79 Å². The van der Waals surface area contributed by atoms with Crippen LogP contribution in [0.2, 0.25) is 0 Å². The van der Waals surface area contributed by atoms with Crippen LogP contribution >= 0.6 is 11.3 Å². The molecule has 2 rings (SSSR count). The first-order valence-corrected chi connectivity index (χ1v) is 7.52. The fourth-order valence-electron chi connectivity index (χ4n) is 1.92. The molecule has 0 radical (unpaired) electrons. The van der Waals surface area contributed by atoms with E-state index in [9.17, 15) is 14.4 Å². The van der Waals surface area contributed by atoms with E-state index >= 15 is 0 Å². The van der Waals surface area contributed by atoms with Gasteiger partial charge in [-0.2, -0.15) is 0 Å². The molecule has 0 aliphatic carbocycles. The summed E-state index contributed by atoms with van der Waals surface area (Å²) in [5.41, 5.74) is 5.78. The van der Waals surface area contributed by atoms with Crippen LogP contribution in [0.5, 0.6) is 0 Å². The zero-order valence-corrected chi connectivity index (χ0v) is 13.0. The van der Waals surface area contributed by atoms with Gasteiger partial charge in [-0.15, -0.1) is 10.2 Å². The molecule has 118 valence electrons. The van der Waals surface area contributed by atoms with Gasteiger partial charge >= 0.3 is 5.69 Å². The third kappa shape index (κ3) is 2.91. The van der Waals surface area contributed by atoms with Crippen LogP contribution in [0.15, 0.2) is 15.1 Å². The van der Waals surface area contributed by atoms with Crippen molar-refractivity contribution in [2.24, 2.45) is 7.05 Å². The fraction of sp³-hybridized carbons (Fsp3) is 0.417. The molecular formula is C12H16N6O3S. The molecule has 0 saturated heterocycles. The van der Waals surface area contributed by atoms with Crippen LogP contribution in [-0.2, 0) is 13.6 Å². The number of aromatic nitrogens is 4. The summed E-state index contributed by atoms with van der Waals surface area (Å²) in [6.45, 7) is 2.31. The van der Waals surface area contributed by atoms with Crippen molar-refractivity contribution in [1.82, 2.24) is 19.3 Å². The number of hydrogen-bond acceptors (Lipinski definition) is 7. The Morgan fingerprint density at radius 1 is 1.45 bits per heavy atom. The average Bonchev–Trinajstić information content (AvgIpc) is 2.98. The van der Waals surface area contributed by atoms with Gasteiger partial charge in [0.15, 0.2) is 0 Å². The highest BCUT2D eigenvalue weighted by molar-refractivity contribution is 7.13. The van der Waals surface area contributed by atoms with Gasteiger partial charge in [0.2, 0.25) is 5.13 Å². The lowest BCUT2D eigenvalue weighted by Crippen LogP contribution is -2.43. The summed E-state index contributed by atoms with van der Waals surface area (Å²) >= 11 is 1.11. The van der Waals surface area contributed by atoms with Crippen LogP contribution in [0, 0.1) is 0 Å². The van der Waals surface area contributed by atoms with Gasteiger partial charge in [-0.1, -0.05) is 24.7 Å². The second-order valence-electron chi connectivity index (χ2n) is 4.61. The van der Waals surface area contributed by atoms with Crippen molar-refractivity contribution >= 4 is 28.2 Å². The Morgan fingerprint density at radius 3 is 2.77 bits per heavy atom. The number of nitrogens with zero attached hydrogens (tertiary/aromatic N) is 4. The van der Waals surface area contributed by atoms with Crippen LogP contribution in [0.4, 0.5) is 10.9 Å². The summed E-state index contributed by atoms with van der Waals surface area (Å²) in [5.74, 6) is -0.844. The van der Waals surface area contributed by atoms with Gasteiger partial charge in [0.1, 0.15) is 16.9 Å². The molecule has 2 aromatic heterocycles. The predicted molar refractivity (Wildman–Crippen MR) is 83.1 cm³/mol. The predicted octanol–water partition coefficient (Wildman–Crippen LogP) is 0.0331. The average molecular weight is 324 g/mol. The molecule has 22 heavy (non-hydrogen) atoms. The molecule has 0 bridgehead atoms. The second kappa shape index (κ2) is 6.52. The Kier molecular flexibility index (Phi) is 4.71. The van der Waals surface area contributed by atoms with Crippen molar-refractivity contribution in [3.63, 3.8) is 0 Å².